The Balaban J connectivity index is 1.70. The van der Waals surface area contributed by atoms with Crippen molar-refractivity contribution in [3.8, 4) is 5.88 Å². The van der Waals surface area contributed by atoms with Crippen LogP contribution in [0.5, 0.6) is 5.88 Å². The van der Waals surface area contributed by atoms with Crippen molar-refractivity contribution in [3.63, 3.8) is 0 Å². The van der Waals surface area contributed by atoms with Gasteiger partial charge in [0, 0.05) is 5.56 Å². The number of nitrogens with zero attached hydrogens (tertiary/aromatic N) is 3. The van der Waals surface area contributed by atoms with Crippen LogP contribution in [0.1, 0.15) is 49.8 Å². The highest BCUT2D eigenvalue weighted by Gasteiger charge is 2.23. The van der Waals surface area contributed by atoms with Crippen LogP contribution in [0, 0.1) is 0 Å². The minimum atomic E-state index is 0.187. The summed E-state index contributed by atoms with van der Waals surface area (Å²) in [6.45, 7) is 0. The molecule has 0 bridgehead atoms. The van der Waals surface area contributed by atoms with Crippen molar-refractivity contribution in [2.75, 3.05) is 0 Å². The fraction of sp³-hybridized carbons (Fsp3) is 0.643. The molecule has 2 aliphatic carbocycles. The second-order valence-electron chi connectivity index (χ2n) is 5.29. The summed E-state index contributed by atoms with van der Waals surface area (Å²) in [5.74, 6) is 0.777. The second kappa shape index (κ2) is 5.55. The molecule has 1 N–H and O–H groups in total. The van der Waals surface area contributed by atoms with Crippen LogP contribution in [-0.2, 0) is 12.8 Å². The lowest BCUT2D eigenvalue weighted by Gasteiger charge is -2.25. The van der Waals surface area contributed by atoms with Gasteiger partial charge in [0.05, 0.1) is 11.4 Å². The first-order chi connectivity index (χ1) is 9.36. The Labute approximate surface area is 112 Å². The van der Waals surface area contributed by atoms with E-state index >= 15 is 0 Å². The quantitative estimate of drug-likeness (QED) is 0.656. The maximum Gasteiger partial charge on any atom is 0.220 e. The van der Waals surface area contributed by atoms with E-state index in [0.29, 0.717) is 0 Å². The molecule has 2 aliphatic rings. The van der Waals surface area contributed by atoms with Gasteiger partial charge in [0.1, 0.15) is 12.4 Å². The van der Waals surface area contributed by atoms with Gasteiger partial charge < -0.3 is 9.94 Å². The fourth-order valence-corrected chi connectivity index (χ4v) is 2.89. The number of rotatable bonds is 2. The minimum Gasteiger partial charge on any atom is -0.474 e. The first kappa shape index (κ1) is 12.4. The molecule has 1 fully saturated rings. The third-order valence-corrected chi connectivity index (χ3v) is 4.01. The molecule has 19 heavy (non-hydrogen) atoms. The van der Waals surface area contributed by atoms with Gasteiger partial charge in [0.15, 0.2) is 0 Å². The third-order valence-electron chi connectivity index (χ3n) is 4.01. The van der Waals surface area contributed by atoms with Gasteiger partial charge in [-0.25, -0.2) is 9.97 Å². The van der Waals surface area contributed by atoms with Gasteiger partial charge in [0.25, 0.3) is 0 Å². The van der Waals surface area contributed by atoms with E-state index in [1.807, 2.05) is 0 Å². The van der Waals surface area contributed by atoms with E-state index in [4.69, 9.17) is 9.94 Å². The summed E-state index contributed by atoms with van der Waals surface area (Å²) >= 11 is 0. The zero-order valence-corrected chi connectivity index (χ0v) is 11.0. The molecular formula is C14H19N3O2. The summed E-state index contributed by atoms with van der Waals surface area (Å²) < 4.78 is 6.06. The first-order valence-electron chi connectivity index (χ1n) is 7.06. The van der Waals surface area contributed by atoms with Crippen LogP contribution in [0.2, 0.25) is 0 Å². The van der Waals surface area contributed by atoms with Crippen LogP contribution in [0.4, 0.5) is 0 Å². The van der Waals surface area contributed by atoms with E-state index in [1.54, 1.807) is 6.33 Å². The van der Waals surface area contributed by atoms with Crippen molar-refractivity contribution in [1.82, 2.24) is 9.97 Å². The molecule has 5 heteroatoms. The molecule has 1 aromatic rings. The number of fused-ring (bicyclic) bond motifs is 1. The van der Waals surface area contributed by atoms with Gasteiger partial charge in [0.2, 0.25) is 5.88 Å². The van der Waals surface area contributed by atoms with E-state index < -0.39 is 0 Å². The number of aryl methyl sites for hydroxylation is 1. The van der Waals surface area contributed by atoms with E-state index in [9.17, 15) is 0 Å². The molecular weight excluding hydrogens is 242 g/mol. The number of ether oxygens (including phenoxy) is 1. The molecule has 1 heterocycles. The number of hydrogen-bond acceptors (Lipinski definition) is 5. The van der Waals surface area contributed by atoms with Gasteiger partial charge in [-0.2, -0.15) is 0 Å². The van der Waals surface area contributed by atoms with Gasteiger partial charge >= 0.3 is 0 Å². The molecule has 0 aliphatic heterocycles. The van der Waals surface area contributed by atoms with E-state index in [-0.39, 0.29) is 6.10 Å². The zero-order chi connectivity index (χ0) is 13.1. The van der Waals surface area contributed by atoms with Crippen LogP contribution in [-0.4, -0.2) is 27.0 Å². The molecule has 3 rings (SSSR count). The highest BCUT2D eigenvalue weighted by molar-refractivity contribution is 5.84. The van der Waals surface area contributed by atoms with Crippen molar-refractivity contribution in [3.05, 3.63) is 17.6 Å². The average Bonchev–Trinajstić information content (AvgIpc) is 2.48. The van der Waals surface area contributed by atoms with Crippen molar-refractivity contribution in [1.29, 1.82) is 0 Å². The lowest BCUT2D eigenvalue weighted by molar-refractivity contribution is 0.166. The molecule has 1 aromatic heterocycles. The van der Waals surface area contributed by atoms with Crippen LogP contribution >= 0.6 is 0 Å². The molecule has 102 valence electrons. The highest BCUT2D eigenvalue weighted by Crippen LogP contribution is 2.29. The molecule has 0 atom stereocenters. The molecule has 0 spiro atoms. The van der Waals surface area contributed by atoms with Crippen LogP contribution < -0.4 is 4.74 Å². The molecule has 5 nitrogen and oxygen atoms in total. The zero-order valence-electron chi connectivity index (χ0n) is 11.0. The third kappa shape index (κ3) is 2.69. The van der Waals surface area contributed by atoms with E-state index in [2.05, 4.69) is 15.1 Å². The molecule has 0 amide bonds. The number of hydrogen-bond donors (Lipinski definition) is 1. The Morgan fingerprint density at radius 2 is 1.89 bits per heavy atom. The largest absolute Gasteiger partial charge is 0.474 e. The lowest BCUT2D eigenvalue weighted by atomic mass is 9.95. The van der Waals surface area contributed by atoms with Gasteiger partial charge in [-0.15, -0.1) is 0 Å². The Kier molecular flexibility index (Phi) is 3.62. The Morgan fingerprint density at radius 3 is 2.68 bits per heavy atom. The topological polar surface area (TPSA) is 67.6 Å². The number of aromatic nitrogens is 2. The summed E-state index contributed by atoms with van der Waals surface area (Å²) in [6.07, 6.45) is 9.71. The van der Waals surface area contributed by atoms with Crippen molar-refractivity contribution < 1.29 is 9.94 Å². The predicted octanol–water partition coefficient (Wildman–Crippen LogP) is 2.51. The molecule has 0 saturated heterocycles. The SMILES string of the molecule is ON=C1CCC(Oc2ncnc3c2CCCC3)CC1. The van der Waals surface area contributed by atoms with Crippen molar-refractivity contribution in [2.45, 2.75) is 57.5 Å². The second-order valence-corrected chi connectivity index (χ2v) is 5.29. The van der Waals surface area contributed by atoms with Gasteiger partial charge in [-0.05, 0) is 51.4 Å². The summed E-state index contributed by atoms with van der Waals surface area (Å²) in [4.78, 5) is 8.67. The number of oxime groups is 1. The summed E-state index contributed by atoms with van der Waals surface area (Å²) in [6, 6.07) is 0. The Hall–Kier alpha value is -1.65. The fourth-order valence-electron chi connectivity index (χ4n) is 2.89. The molecule has 0 unspecified atom stereocenters. The highest BCUT2D eigenvalue weighted by atomic mass is 16.5. The van der Waals surface area contributed by atoms with Crippen molar-refractivity contribution in [2.24, 2.45) is 5.16 Å². The first-order valence-corrected chi connectivity index (χ1v) is 7.06. The summed E-state index contributed by atoms with van der Waals surface area (Å²) in [5, 5.41) is 12.0. The van der Waals surface area contributed by atoms with Gasteiger partial charge in [-0.1, -0.05) is 5.16 Å². The van der Waals surface area contributed by atoms with Crippen molar-refractivity contribution >= 4 is 5.71 Å². The maximum absolute atomic E-state index is 8.75. The molecule has 1 saturated carbocycles. The van der Waals surface area contributed by atoms with Crippen LogP contribution in [0.25, 0.3) is 0 Å². The average molecular weight is 261 g/mol. The van der Waals surface area contributed by atoms with Crippen LogP contribution in [0.15, 0.2) is 11.5 Å². The minimum absolute atomic E-state index is 0.187. The summed E-state index contributed by atoms with van der Waals surface area (Å²) in [7, 11) is 0. The Morgan fingerprint density at radius 1 is 1.11 bits per heavy atom. The monoisotopic (exact) mass is 261 g/mol. The maximum atomic E-state index is 8.75. The lowest BCUT2D eigenvalue weighted by Crippen LogP contribution is -2.25. The standard InChI is InChI=1S/C14H19N3O2/c18-17-10-5-7-11(8-6-10)19-14-12-3-1-2-4-13(12)15-9-16-14/h9,11,18H,1-8H2. The van der Waals surface area contributed by atoms with Gasteiger partial charge in [-0.3, -0.25) is 0 Å². The predicted molar refractivity (Wildman–Crippen MR) is 70.8 cm³/mol. The normalized spacial score (nSPS) is 22.7. The Bertz CT molecular complexity index is 478. The molecule has 0 radical (unpaired) electrons. The smallest absolute Gasteiger partial charge is 0.220 e. The van der Waals surface area contributed by atoms with E-state index in [1.165, 1.54) is 18.4 Å². The van der Waals surface area contributed by atoms with Crippen LogP contribution in [0.3, 0.4) is 0 Å². The molecule has 0 aromatic carbocycles. The summed E-state index contributed by atoms with van der Waals surface area (Å²) in [5.41, 5.74) is 3.24. The van der Waals surface area contributed by atoms with E-state index in [0.717, 1.165) is 55.8 Å².